The number of nitrogens with zero attached hydrogens (tertiary/aromatic N) is 6. The SMILES string of the molecule is C=CC(=O)N1CCN(c2c(C#N)c(OCC3CCCN3C)nc3nc(-c4c(O)cccc4F)c(F)cc23)CC1. The van der Waals surface area contributed by atoms with E-state index in [1.807, 2.05) is 11.9 Å². The van der Waals surface area contributed by atoms with Crippen LogP contribution in [-0.4, -0.2) is 83.2 Å². The van der Waals surface area contributed by atoms with Crippen molar-refractivity contribution in [3.05, 3.63) is 54.1 Å². The first-order chi connectivity index (χ1) is 18.8. The lowest BCUT2D eigenvalue weighted by molar-refractivity contribution is -0.126. The largest absolute Gasteiger partial charge is 0.507 e. The lowest BCUT2D eigenvalue weighted by atomic mass is 10.1. The number of piperazine rings is 1. The Kier molecular flexibility index (Phi) is 7.30. The summed E-state index contributed by atoms with van der Waals surface area (Å²) in [4.78, 5) is 26.6. The third-order valence-corrected chi connectivity index (χ3v) is 7.38. The zero-order chi connectivity index (χ0) is 27.7. The van der Waals surface area contributed by atoms with Crippen molar-refractivity contribution in [2.45, 2.75) is 18.9 Å². The molecule has 2 aromatic heterocycles. The van der Waals surface area contributed by atoms with Gasteiger partial charge in [-0.3, -0.25) is 4.79 Å². The van der Waals surface area contributed by atoms with Gasteiger partial charge in [-0.1, -0.05) is 12.6 Å². The number of hydrogen-bond acceptors (Lipinski definition) is 8. The molecule has 0 aliphatic carbocycles. The normalized spacial score (nSPS) is 17.8. The van der Waals surface area contributed by atoms with Gasteiger partial charge in [0.05, 0.1) is 11.3 Å². The first-order valence-electron chi connectivity index (χ1n) is 12.7. The Balaban J connectivity index is 1.64. The van der Waals surface area contributed by atoms with Gasteiger partial charge in [0.15, 0.2) is 11.5 Å². The van der Waals surface area contributed by atoms with E-state index < -0.39 is 23.1 Å². The standard InChI is InChI=1S/C28H28F2N6O3/c1-3-23(38)35-10-12-36(13-11-35)26-18-14-21(30)25(24-20(29)7-4-8-22(24)37)32-27(18)33-28(19(26)15-31)39-16-17-6-5-9-34(17)2/h3-4,7-8,14,17,37H,1,5-6,9-13,16H2,2H3. The highest BCUT2D eigenvalue weighted by Gasteiger charge is 2.29. The van der Waals surface area contributed by atoms with Crippen molar-refractivity contribution in [3.8, 4) is 29.0 Å². The van der Waals surface area contributed by atoms with Crippen LogP contribution in [0.25, 0.3) is 22.3 Å². The van der Waals surface area contributed by atoms with Crippen molar-refractivity contribution in [2.75, 3.05) is 51.3 Å². The quantitative estimate of drug-likeness (QED) is 0.480. The molecule has 0 bridgehead atoms. The van der Waals surface area contributed by atoms with Crippen LogP contribution in [0, 0.1) is 23.0 Å². The number of nitriles is 1. The number of fused-ring (bicyclic) bond motifs is 1. The summed E-state index contributed by atoms with van der Waals surface area (Å²) < 4.78 is 36.2. The number of carbonyl (C=O) groups excluding carboxylic acids is 1. The number of hydrogen-bond donors (Lipinski definition) is 1. The van der Waals surface area contributed by atoms with Crippen LogP contribution in [0.3, 0.4) is 0 Å². The fraction of sp³-hybridized carbons (Fsp3) is 0.357. The van der Waals surface area contributed by atoms with Gasteiger partial charge in [-0.25, -0.2) is 13.8 Å². The van der Waals surface area contributed by atoms with E-state index in [1.54, 1.807) is 4.90 Å². The molecule has 3 aromatic rings. The Morgan fingerprint density at radius 1 is 1.23 bits per heavy atom. The second kappa shape index (κ2) is 10.8. The molecule has 202 valence electrons. The number of phenolic OH excluding ortho intramolecular Hbond substituents is 1. The summed E-state index contributed by atoms with van der Waals surface area (Å²) in [5, 5.41) is 20.7. The number of ether oxygens (including phenoxy) is 1. The van der Waals surface area contributed by atoms with Crippen LogP contribution in [0.5, 0.6) is 11.6 Å². The monoisotopic (exact) mass is 534 g/mol. The summed E-state index contributed by atoms with van der Waals surface area (Å²) in [6.45, 7) is 6.27. The van der Waals surface area contributed by atoms with E-state index in [0.717, 1.165) is 31.5 Å². The lowest BCUT2D eigenvalue weighted by Gasteiger charge is -2.36. The van der Waals surface area contributed by atoms with Gasteiger partial charge >= 0.3 is 0 Å². The van der Waals surface area contributed by atoms with E-state index in [0.29, 0.717) is 38.5 Å². The van der Waals surface area contributed by atoms with Crippen molar-refractivity contribution in [1.82, 2.24) is 19.8 Å². The summed E-state index contributed by atoms with van der Waals surface area (Å²) in [5.74, 6) is -2.32. The molecule has 1 aromatic carbocycles. The minimum atomic E-state index is -0.878. The molecule has 2 aliphatic rings. The minimum Gasteiger partial charge on any atom is -0.507 e. The summed E-state index contributed by atoms with van der Waals surface area (Å²) in [6, 6.07) is 7.15. The van der Waals surface area contributed by atoms with Crippen LogP contribution in [0.4, 0.5) is 14.5 Å². The molecule has 1 unspecified atom stereocenters. The van der Waals surface area contributed by atoms with Gasteiger partial charge in [-0.05, 0) is 50.7 Å². The van der Waals surface area contributed by atoms with E-state index in [1.165, 1.54) is 18.2 Å². The number of benzene rings is 1. The maximum absolute atomic E-state index is 15.5. The second-order valence-electron chi connectivity index (χ2n) is 9.68. The highest BCUT2D eigenvalue weighted by atomic mass is 19.1. The van der Waals surface area contributed by atoms with E-state index >= 15 is 4.39 Å². The lowest BCUT2D eigenvalue weighted by Crippen LogP contribution is -2.48. The molecule has 2 aliphatic heterocycles. The van der Waals surface area contributed by atoms with Gasteiger partial charge in [0.25, 0.3) is 0 Å². The Bertz CT molecular complexity index is 1460. The first kappa shape index (κ1) is 26.3. The van der Waals surface area contributed by atoms with E-state index in [9.17, 15) is 19.6 Å². The minimum absolute atomic E-state index is 0.0439. The number of aromatic nitrogens is 2. The number of halogens is 2. The molecule has 11 heteroatoms. The molecule has 4 heterocycles. The van der Waals surface area contributed by atoms with Gasteiger partial charge in [-0.15, -0.1) is 0 Å². The van der Waals surface area contributed by atoms with Crippen molar-refractivity contribution < 1.29 is 23.4 Å². The van der Waals surface area contributed by atoms with E-state index in [4.69, 9.17) is 4.74 Å². The smallest absolute Gasteiger partial charge is 0.246 e. The molecule has 2 fully saturated rings. The molecule has 9 nitrogen and oxygen atoms in total. The number of anilines is 1. The second-order valence-corrected chi connectivity index (χ2v) is 9.68. The van der Waals surface area contributed by atoms with Crippen LogP contribution in [0.2, 0.25) is 0 Å². The molecule has 5 rings (SSSR count). The fourth-order valence-corrected chi connectivity index (χ4v) is 5.23. The molecule has 1 amide bonds. The number of likely N-dealkylation sites (tertiary alicyclic amines) is 1. The molecule has 2 saturated heterocycles. The topological polar surface area (TPSA) is 106 Å². The molecule has 39 heavy (non-hydrogen) atoms. The van der Waals surface area contributed by atoms with Crippen LogP contribution >= 0.6 is 0 Å². The van der Waals surface area contributed by atoms with Crippen LogP contribution < -0.4 is 9.64 Å². The van der Waals surface area contributed by atoms with Crippen LogP contribution in [0.1, 0.15) is 18.4 Å². The summed E-state index contributed by atoms with van der Waals surface area (Å²) in [6.07, 6.45) is 3.23. The van der Waals surface area contributed by atoms with Gasteiger partial charge in [0.1, 0.15) is 35.5 Å². The number of rotatable bonds is 6. The Morgan fingerprint density at radius 3 is 2.64 bits per heavy atom. The molecule has 1 N–H and O–H groups in total. The molecule has 0 saturated carbocycles. The van der Waals surface area contributed by atoms with Crippen LogP contribution in [0.15, 0.2) is 36.9 Å². The highest BCUT2D eigenvalue weighted by molar-refractivity contribution is 5.96. The molecular weight excluding hydrogens is 506 g/mol. The third kappa shape index (κ3) is 4.95. The van der Waals surface area contributed by atoms with Crippen LogP contribution in [-0.2, 0) is 4.79 Å². The number of likely N-dealkylation sites (N-methyl/N-ethyl adjacent to an activating group) is 1. The number of carbonyl (C=O) groups is 1. The van der Waals surface area contributed by atoms with E-state index in [2.05, 4.69) is 27.5 Å². The van der Waals surface area contributed by atoms with Crippen molar-refractivity contribution in [2.24, 2.45) is 0 Å². The summed E-state index contributed by atoms with van der Waals surface area (Å²) >= 11 is 0. The average molecular weight is 535 g/mol. The Morgan fingerprint density at radius 2 is 2.00 bits per heavy atom. The predicted molar refractivity (Wildman–Crippen MR) is 141 cm³/mol. The van der Waals surface area contributed by atoms with Crippen molar-refractivity contribution in [1.29, 1.82) is 5.26 Å². The third-order valence-electron chi connectivity index (χ3n) is 7.38. The van der Waals surface area contributed by atoms with Crippen molar-refractivity contribution in [3.63, 3.8) is 0 Å². The number of aromatic hydroxyl groups is 1. The molecular formula is C28H28F2N6O3. The summed E-state index contributed by atoms with van der Waals surface area (Å²) in [5.41, 5.74) is -0.212. The Hall–Kier alpha value is -4.30. The molecule has 1 atom stereocenters. The zero-order valence-corrected chi connectivity index (χ0v) is 21.5. The molecule has 0 radical (unpaired) electrons. The fourth-order valence-electron chi connectivity index (χ4n) is 5.23. The summed E-state index contributed by atoms with van der Waals surface area (Å²) in [7, 11) is 2.01. The Labute approximate surface area is 224 Å². The van der Waals surface area contributed by atoms with Gasteiger partial charge in [0, 0.05) is 37.6 Å². The van der Waals surface area contributed by atoms with Crippen molar-refractivity contribution >= 4 is 22.6 Å². The number of amides is 1. The average Bonchev–Trinajstić information content (AvgIpc) is 3.35. The maximum atomic E-state index is 15.5. The first-order valence-corrected chi connectivity index (χ1v) is 12.7. The van der Waals surface area contributed by atoms with Gasteiger partial charge < -0.3 is 24.5 Å². The maximum Gasteiger partial charge on any atom is 0.246 e. The molecule has 0 spiro atoms. The van der Waals surface area contributed by atoms with Gasteiger partial charge in [0.2, 0.25) is 11.8 Å². The highest BCUT2D eigenvalue weighted by Crippen LogP contribution is 2.39. The predicted octanol–water partition coefficient (Wildman–Crippen LogP) is 3.46. The van der Waals surface area contributed by atoms with Gasteiger partial charge in [-0.2, -0.15) is 10.2 Å². The number of phenols is 1. The van der Waals surface area contributed by atoms with E-state index in [-0.39, 0.29) is 40.0 Å². The zero-order valence-electron chi connectivity index (χ0n) is 21.5. The number of pyridine rings is 2.